The molecule has 1 radical (unpaired) electrons. The lowest BCUT2D eigenvalue weighted by molar-refractivity contribution is 0.470. The number of halogens is 1. The molecule has 3 heteroatoms. The van der Waals surface area contributed by atoms with Crippen LogP contribution in [0.1, 0.15) is 0 Å². The lowest BCUT2D eigenvalue weighted by Crippen LogP contribution is -2.09. The Morgan fingerprint density at radius 1 is 2.00 bits per heavy atom. The number of nitrogens with zero attached hydrogens (tertiary/aromatic N) is 2. The van der Waals surface area contributed by atoms with Gasteiger partial charge in [0.15, 0.2) is 0 Å². The molecule has 0 N–H and O–H groups in total. The van der Waals surface area contributed by atoms with Gasteiger partial charge in [0.1, 0.15) is 0 Å². The van der Waals surface area contributed by atoms with E-state index >= 15 is 0 Å². The molecule has 0 unspecified atom stereocenters. The van der Waals surface area contributed by atoms with Crippen LogP contribution in [0.4, 0.5) is 0 Å². The lowest BCUT2D eigenvalue weighted by Gasteiger charge is -1.99. The first kappa shape index (κ1) is 5.25. The molecule has 0 aromatic rings. The lowest BCUT2D eigenvalue weighted by atomic mass is 10.7. The van der Waals surface area contributed by atoms with Crippen molar-refractivity contribution in [3.63, 3.8) is 0 Å². The smallest absolute Gasteiger partial charge is 0.0982 e. The average molecular weight is 162 g/mol. The van der Waals surface area contributed by atoms with Gasteiger partial charge in [0.05, 0.1) is 17.8 Å². The highest BCUT2D eigenvalue weighted by Gasteiger charge is 2.06. The van der Waals surface area contributed by atoms with Crippen molar-refractivity contribution >= 4 is 20.6 Å². The van der Waals surface area contributed by atoms with E-state index < -0.39 is 0 Å². The molecule has 1 heterocycles. The third kappa shape index (κ3) is 1.24. The van der Waals surface area contributed by atoms with Crippen molar-refractivity contribution in [1.29, 1.82) is 0 Å². The molecule has 1 rings (SSSR count). The van der Waals surface area contributed by atoms with Crippen molar-refractivity contribution in [2.24, 2.45) is 4.99 Å². The van der Waals surface area contributed by atoms with E-state index in [9.17, 15) is 0 Å². The van der Waals surface area contributed by atoms with E-state index in [0.29, 0.717) is 0 Å². The Hall–Kier alpha value is 0.110. The molecule has 0 atom stereocenters. The minimum Gasteiger partial charge on any atom is -0.276 e. The number of rotatable bonds is 0. The highest BCUT2D eigenvalue weighted by atomic mass is 79.9. The quantitative estimate of drug-likeness (QED) is 0.515. The minimum absolute atomic E-state index is 0.792. The highest BCUT2D eigenvalue weighted by molar-refractivity contribution is 9.18. The number of aliphatic imine (C=N–C) groups is 1. The zero-order valence-corrected chi connectivity index (χ0v) is 5.64. The predicted octanol–water partition coefficient (Wildman–Crippen LogP) is 0.844. The fraction of sp³-hybridized carbons (Fsp3) is 0.500. The van der Waals surface area contributed by atoms with E-state index in [1.165, 1.54) is 0 Å². The minimum atomic E-state index is 0.792. The van der Waals surface area contributed by atoms with Crippen LogP contribution in [0.15, 0.2) is 4.99 Å². The van der Waals surface area contributed by atoms with Crippen molar-refractivity contribution < 1.29 is 0 Å². The maximum atomic E-state index is 4.02. The van der Waals surface area contributed by atoms with E-state index in [4.69, 9.17) is 0 Å². The molecule has 0 saturated carbocycles. The Bertz CT molecular complexity index is 99.9. The fourth-order valence-corrected chi connectivity index (χ4v) is 0.904. The molecule has 1 aliphatic heterocycles. The second kappa shape index (κ2) is 1.92. The molecule has 39 valence electrons. The predicted molar refractivity (Wildman–Crippen MR) is 33.3 cm³/mol. The summed E-state index contributed by atoms with van der Waals surface area (Å²) >= 11 is 3.23. The molecular weight excluding hydrogens is 156 g/mol. The summed E-state index contributed by atoms with van der Waals surface area (Å²) in [5.74, 6) is 0. The molecule has 0 amide bonds. The van der Waals surface area contributed by atoms with Crippen LogP contribution in [0, 0.1) is 6.54 Å². The van der Waals surface area contributed by atoms with E-state index in [-0.39, 0.29) is 0 Å². The number of hydrogen-bond acceptors (Lipinski definition) is 2. The van der Waals surface area contributed by atoms with Crippen molar-refractivity contribution in [1.82, 2.24) is 4.90 Å². The van der Waals surface area contributed by atoms with Gasteiger partial charge in [-0.1, -0.05) is 0 Å². The SMILES string of the molecule is CN1[CH]C(Br)=NC1. The number of hydrogen-bond donors (Lipinski definition) is 0. The average Bonchev–Trinajstić information content (AvgIpc) is 1.87. The summed E-state index contributed by atoms with van der Waals surface area (Å²) in [5.41, 5.74) is 0. The van der Waals surface area contributed by atoms with Gasteiger partial charge in [-0.25, -0.2) is 0 Å². The molecule has 0 saturated heterocycles. The Labute approximate surface area is 51.4 Å². The summed E-state index contributed by atoms with van der Waals surface area (Å²) in [6.07, 6.45) is 0. The maximum absolute atomic E-state index is 4.02. The fourth-order valence-electron chi connectivity index (χ4n) is 0.443. The van der Waals surface area contributed by atoms with Gasteiger partial charge in [-0.15, -0.1) is 0 Å². The van der Waals surface area contributed by atoms with Gasteiger partial charge in [0, 0.05) is 0 Å². The van der Waals surface area contributed by atoms with E-state index in [1.807, 2.05) is 18.5 Å². The van der Waals surface area contributed by atoms with Crippen LogP contribution in [0.5, 0.6) is 0 Å². The molecule has 0 aliphatic carbocycles. The van der Waals surface area contributed by atoms with Crippen LogP contribution >= 0.6 is 15.9 Å². The largest absolute Gasteiger partial charge is 0.276 e. The third-order valence-corrected chi connectivity index (χ3v) is 1.23. The van der Waals surface area contributed by atoms with Gasteiger partial charge < -0.3 is 0 Å². The van der Waals surface area contributed by atoms with Crippen LogP contribution in [-0.2, 0) is 0 Å². The topological polar surface area (TPSA) is 15.6 Å². The van der Waals surface area contributed by atoms with E-state index in [0.717, 1.165) is 11.3 Å². The van der Waals surface area contributed by atoms with Gasteiger partial charge in [-0.05, 0) is 23.0 Å². The molecule has 0 fully saturated rings. The standard InChI is InChI=1S/C4H6BrN2/c1-7-2-4(5)6-3-7/h2H,3H2,1H3. The Balaban J connectivity index is 2.42. The monoisotopic (exact) mass is 161 g/mol. The third-order valence-electron chi connectivity index (χ3n) is 0.772. The molecule has 7 heavy (non-hydrogen) atoms. The molecule has 1 aliphatic rings. The van der Waals surface area contributed by atoms with Crippen molar-refractivity contribution in [3.05, 3.63) is 6.54 Å². The molecule has 0 spiro atoms. The van der Waals surface area contributed by atoms with Gasteiger partial charge in [-0.2, -0.15) is 0 Å². The van der Waals surface area contributed by atoms with Crippen molar-refractivity contribution in [3.8, 4) is 0 Å². The van der Waals surface area contributed by atoms with Crippen LogP contribution in [0.25, 0.3) is 0 Å². The van der Waals surface area contributed by atoms with Gasteiger partial charge in [0.25, 0.3) is 0 Å². The summed E-state index contributed by atoms with van der Waals surface area (Å²) in [7, 11) is 1.98. The summed E-state index contributed by atoms with van der Waals surface area (Å²) in [6.45, 7) is 2.74. The van der Waals surface area contributed by atoms with Gasteiger partial charge in [-0.3, -0.25) is 9.89 Å². The first-order chi connectivity index (χ1) is 3.29. The van der Waals surface area contributed by atoms with E-state index in [2.05, 4.69) is 20.9 Å². The molecule has 0 bridgehead atoms. The van der Waals surface area contributed by atoms with Gasteiger partial charge in [0.2, 0.25) is 0 Å². The maximum Gasteiger partial charge on any atom is 0.0982 e. The van der Waals surface area contributed by atoms with Crippen LogP contribution in [-0.4, -0.2) is 23.2 Å². The van der Waals surface area contributed by atoms with Crippen LogP contribution in [0.3, 0.4) is 0 Å². The zero-order chi connectivity index (χ0) is 5.28. The van der Waals surface area contributed by atoms with E-state index in [1.54, 1.807) is 0 Å². The first-order valence-electron chi connectivity index (χ1n) is 2.04. The first-order valence-corrected chi connectivity index (χ1v) is 2.83. The van der Waals surface area contributed by atoms with Crippen molar-refractivity contribution in [2.75, 3.05) is 13.7 Å². The molecule has 0 aromatic carbocycles. The van der Waals surface area contributed by atoms with Crippen LogP contribution in [0.2, 0.25) is 0 Å². The highest BCUT2D eigenvalue weighted by Crippen LogP contribution is 2.05. The van der Waals surface area contributed by atoms with Crippen LogP contribution < -0.4 is 0 Å². The zero-order valence-electron chi connectivity index (χ0n) is 4.06. The normalized spacial score (nSPS) is 22.9. The van der Waals surface area contributed by atoms with Crippen molar-refractivity contribution in [2.45, 2.75) is 0 Å². The molecular formula is C4H6BrN2. The Morgan fingerprint density at radius 3 is 2.86 bits per heavy atom. The summed E-state index contributed by atoms with van der Waals surface area (Å²) in [6, 6.07) is 0. The summed E-state index contributed by atoms with van der Waals surface area (Å²) in [4.78, 5) is 6.02. The molecule has 0 aromatic heterocycles. The Kier molecular flexibility index (Phi) is 1.44. The summed E-state index contributed by atoms with van der Waals surface area (Å²) in [5, 5.41) is 0. The summed E-state index contributed by atoms with van der Waals surface area (Å²) < 4.78 is 0.940. The Morgan fingerprint density at radius 2 is 2.71 bits per heavy atom. The second-order valence-electron chi connectivity index (χ2n) is 1.51. The molecule has 2 nitrogen and oxygen atoms in total. The second-order valence-corrected chi connectivity index (χ2v) is 2.32. The van der Waals surface area contributed by atoms with Gasteiger partial charge >= 0.3 is 0 Å².